The molecule has 0 spiro atoms. The highest BCUT2D eigenvalue weighted by molar-refractivity contribution is 8.01. The maximum atomic E-state index is 6.32. The molecule has 1 aromatic carbocycles. The van der Waals surface area contributed by atoms with Gasteiger partial charge in [0.05, 0.1) is 9.23 Å². The second kappa shape index (κ2) is 6.62. The molecular weight excluding hydrogens is 282 g/mol. The first-order valence-corrected chi connectivity index (χ1v) is 7.96. The van der Waals surface area contributed by atoms with Crippen molar-refractivity contribution in [3.63, 3.8) is 0 Å². The smallest absolute Gasteiger partial charge is 0.0646 e. The zero-order valence-electron chi connectivity index (χ0n) is 10.4. The fraction of sp³-hybridized carbons (Fsp3) is 0.286. The Bertz CT molecular complexity index is 495. The number of benzene rings is 1. The number of nitrogens with one attached hydrogen (secondary N) is 1. The van der Waals surface area contributed by atoms with Crippen LogP contribution in [0.15, 0.2) is 44.8 Å². The van der Waals surface area contributed by atoms with Gasteiger partial charge in [0.2, 0.25) is 0 Å². The van der Waals surface area contributed by atoms with Crippen molar-refractivity contribution in [1.82, 2.24) is 5.32 Å². The molecule has 0 bridgehead atoms. The maximum absolute atomic E-state index is 6.32. The fourth-order valence-corrected chi connectivity index (χ4v) is 3.70. The molecule has 0 radical (unpaired) electrons. The molecule has 0 aliphatic carbocycles. The van der Waals surface area contributed by atoms with Gasteiger partial charge in [-0.15, -0.1) is 11.3 Å². The predicted octanol–water partition coefficient (Wildman–Crippen LogP) is 5.05. The van der Waals surface area contributed by atoms with Crippen LogP contribution in [-0.2, 0) is 6.54 Å². The van der Waals surface area contributed by atoms with Gasteiger partial charge in [-0.05, 0) is 23.1 Å². The second-order valence-corrected chi connectivity index (χ2v) is 6.96. The van der Waals surface area contributed by atoms with Crippen LogP contribution in [0.25, 0.3) is 0 Å². The number of thiophene rings is 1. The first-order valence-electron chi connectivity index (χ1n) is 5.89. The molecular formula is C14H16ClNS2. The van der Waals surface area contributed by atoms with Gasteiger partial charge in [0, 0.05) is 17.5 Å². The lowest BCUT2D eigenvalue weighted by atomic mass is 10.2. The lowest BCUT2D eigenvalue weighted by Gasteiger charge is -2.13. The van der Waals surface area contributed by atoms with Crippen LogP contribution in [0.3, 0.4) is 0 Å². The van der Waals surface area contributed by atoms with E-state index >= 15 is 0 Å². The van der Waals surface area contributed by atoms with Gasteiger partial charge < -0.3 is 5.32 Å². The van der Waals surface area contributed by atoms with E-state index in [0.29, 0.717) is 6.04 Å². The summed E-state index contributed by atoms with van der Waals surface area (Å²) < 4.78 is 1.27. The Hall–Kier alpha value is -0.480. The van der Waals surface area contributed by atoms with E-state index in [-0.39, 0.29) is 0 Å². The Morgan fingerprint density at radius 1 is 1.28 bits per heavy atom. The monoisotopic (exact) mass is 297 g/mol. The number of hydrogen-bond acceptors (Lipinski definition) is 3. The summed E-state index contributed by atoms with van der Waals surface area (Å²) in [5.74, 6) is 0. The summed E-state index contributed by atoms with van der Waals surface area (Å²) in [6, 6.07) is 10.8. The fourth-order valence-electron chi connectivity index (χ4n) is 1.54. The van der Waals surface area contributed by atoms with E-state index in [1.807, 2.05) is 12.1 Å². The van der Waals surface area contributed by atoms with Crippen LogP contribution in [0, 0.1) is 0 Å². The first kappa shape index (κ1) is 13.9. The van der Waals surface area contributed by atoms with Gasteiger partial charge in [-0.25, -0.2) is 0 Å². The van der Waals surface area contributed by atoms with Crippen molar-refractivity contribution >= 4 is 34.7 Å². The molecule has 0 saturated carbocycles. The van der Waals surface area contributed by atoms with Crippen molar-refractivity contribution < 1.29 is 0 Å². The van der Waals surface area contributed by atoms with Crippen LogP contribution < -0.4 is 5.32 Å². The summed E-state index contributed by atoms with van der Waals surface area (Å²) in [5, 5.41) is 6.36. The quantitative estimate of drug-likeness (QED) is 0.829. The Balaban J connectivity index is 2.21. The van der Waals surface area contributed by atoms with Crippen LogP contribution in [0.2, 0.25) is 5.02 Å². The minimum absolute atomic E-state index is 0.476. The summed E-state index contributed by atoms with van der Waals surface area (Å²) in [6.45, 7) is 5.15. The molecule has 0 atom stereocenters. The molecule has 0 aliphatic heterocycles. The molecule has 1 aromatic heterocycles. The lowest BCUT2D eigenvalue weighted by Crippen LogP contribution is -2.22. The third-order valence-corrected chi connectivity index (χ3v) is 5.10. The molecule has 0 aliphatic rings. The second-order valence-electron chi connectivity index (χ2n) is 4.30. The van der Waals surface area contributed by atoms with Crippen molar-refractivity contribution in [2.45, 2.75) is 35.5 Å². The minimum atomic E-state index is 0.476. The van der Waals surface area contributed by atoms with Crippen molar-refractivity contribution in [3.8, 4) is 0 Å². The van der Waals surface area contributed by atoms with E-state index in [1.54, 1.807) is 23.1 Å². The van der Waals surface area contributed by atoms with E-state index in [1.165, 1.54) is 9.77 Å². The summed E-state index contributed by atoms with van der Waals surface area (Å²) in [7, 11) is 0. The Labute approximate surface area is 122 Å². The zero-order valence-corrected chi connectivity index (χ0v) is 12.8. The van der Waals surface area contributed by atoms with Crippen molar-refractivity contribution in [1.29, 1.82) is 0 Å². The van der Waals surface area contributed by atoms with Crippen molar-refractivity contribution in [2.75, 3.05) is 0 Å². The highest BCUT2D eigenvalue weighted by atomic mass is 35.5. The molecule has 96 valence electrons. The minimum Gasteiger partial charge on any atom is -0.310 e. The van der Waals surface area contributed by atoms with E-state index in [2.05, 4.69) is 42.7 Å². The van der Waals surface area contributed by atoms with E-state index in [0.717, 1.165) is 16.5 Å². The normalized spacial score (nSPS) is 11.1. The Morgan fingerprint density at radius 2 is 2.11 bits per heavy atom. The number of rotatable bonds is 5. The third-order valence-electron chi connectivity index (χ3n) is 2.45. The highest BCUT2D eigenvalue weighted by Crippen LogP contribution is 2.38. The van der Waals surface area contributed by atoms with Gasteiger partial charge in [-0.2, -0.15) is 0 Å². The summed E-state index contributed by atoms with van der Waals surface area (Å²) in [5.41, 5.74) is 1.26. The largest absolute Gasteiger partial charge is 0.310 e. The van der Waals surface area contributed by atoms with Crippen LogP contribution >= 0.6 is 34.7 Å². The van der Waals surface area contributed by atoms with Gasteiger partial charge in [0.25, 0.3) is 0 Å². The number of halogens is 1. The van der Waals surface area contributed by atoms with Crippen molar-refractivity contribution in [3.05, 3.63) is 46.3 Å². The predicted molar refractivity (Wildman–Crippen MR) is 81.9 cm³/mol. The Morgan fingerprint density at radius 3 is 2.78 bits per heavy atom. The van der Waals surface area contributed by atoms with Gasteiger partial charge in [0.1, 0.15) is 0 Å². The highest BCUT2D eigenvalue weighted by Gasteiger charge is 2.09. The molecule has 2 aromatic rings. The molecule has 0 unspecified atom stereocenters. The third kappa shape index (κ3) is 3.75. The van der Waals surface area contributed by atoms with Crippen LogP contribution in [0.5, 0.6) is 0 Å². The average Bonchev–Trinajstić information content (AvgIpc) is 2.82. The van der Waals surface area contributed by atoms with Crippen LogP contribution in [0.1, 0.15) is 19.4 Å². The van der Waals surface area contributed by atoms with Crippen molar-refractivity contribution in [2.24, 2.45) is 0 Å². The van der Waals surface area contributed by atoms with Crippen LogP contribution in [0.4, 0.5) is 0 Å². The maximum Gasteiger partial charge on any atom is 0.0646 e. The lowest BCUT2D eigenvalue weighted by molar-refractivity contribution is 0.585. The summed E-state index contributed by atoms with van der Waals surface area (Å²) in [6.07, 6.45) is 0. The molecule has 1 heterocycles. The molecule has 0 fully saturated rings. The topological polar surface area (TPSA) is 12.0 Å². The van der Waals surface area contributed by atoms with Gasteiger partial charge >= 0.3 is 0 Å². The molecule has 4 heteroatoms. The molecule has 0 saturated heterocycles. The van der Waals surface area contributed by atoms with E-state index in [4.69, 9.17) is 11.6 Å². The van der Waals surface area contributed by atoms with Crippen LogP contribution in [-0.4, -0.2) is 6.04 Å². The number of hydrogen-bond donors (Lipinski definition) is 1. The molecule has 18 heavy (non-hydrogen) atoms. The molecule has 0 amide bonds. The summed E-state index contributed by atoms with van der Waals surface area (Å²) >= 11 is 9.81. The van der Waals surface area contributed by atoms with E-state index < -0.39 is 0 Å². The summed E-state index contributed by atoms with van der Waals surface area (Å²) in [4.78, 5) is 1.16. The molecule has 1 N–H and O–H groups in total. The van der Waals surface area contributed by atoms with Gasteiger partial charge in [-0.3, -0.25) is 0 Å². The average molecular weight is 298 g/mol. The molecule has 1 nitrogen and oxygen atoms in total. The Kier molecular flexibility index (Phi) is 5.13. The van der Waals surface area contributed by atoms with Gasteiger partial charge in [0.15, 0.2) is 0 Å². The zero-order chi connectivity index (χ0) is 13.0. The molecule has 2 rings (SSSR count). The standard InChI is InChI=1S/C14H16ClNS2/c1-10(2)16-9-11-5-3-6-12(15)14(11)18-13-7-4-8-17-13/h3-8,10,16H,9H2,1-2H3. The first-order chi connectivity index (χ1) is 8.66. The van der Waals surface area contributed by atoms with E-state index in [9.17, 15) is 0 Å². The SMILES string of the molecule is CC(C)NCc1cccc(Cl)c1Sc1cccs1. The van der Waals surface area contributed by atoms with Gasteiger partial charge in [-0.1, -0.05) is 55.4 Å².